The first-order valence-electron chi connectivity index (χ1n) is 6.44. The largest absolute Gasteiger partial charge is 0.371 e. The highest BCUT2D eigenvalue weighted by molar-refractivity contribution is 9.10. The Morgan fingerprint density at radius 1 is 1.47 bits per heavy atom. The molecule has 2 rings (SSSR count). The SMILES string of the molecule is CCNCc1ccc(Br)cc1N1CCC(C)C1. The molecule has 0 bridgehead atoms. The Hall–Kier alpha value is -0.540. The highest BCUT2D eigenvalue weighted by Crippen LogP contribution is 2.29. The molecular weight excluding hydrogens is 276 g/mol. The molecule has 0 aliphatic carbocycles. The number of hydrogen-bond acceptors (Lipinski definition) is 2. The Morgan fingerprint density at radius 3 is 2.94 bits per heavy atom. The van der Waals surface area contributed by atoms with Crippen LogP contribution < -0.4 is 10.2 Å². The molecule has 1 aromatic rings. The van der Waals surface area contributed by atoms with Crippen LogP contribution in [0.25, 0.3) is 0 Å². The van der Waals surface area contributed by atoms with Gasteiger partial charge >= 0.3 is 0 Å². The van der Waals surface area contributed by atoms with Crippen molar-refractivity contribution in [3.05, 3.63) is 28.2 Å². The molecule has 1 aromatic carbocycles. The van der Waals surface area contributed by atoms with Gasteiger partial charge in [0.2, 0.25) is 0 Å². The summed E-state index contributed by atoms with van der Waals surface area (Å²) in [6, 6.07) is 6.62. The number of benzene rings is 1. The van der Waals surface area contributed by atoms with Crippen molar-refractivity contribution in [1.29, 1.82) is 0 Å². The summed E-state index contributed by atoms with van der Waals surface area (Å²) in [5.41, 5.74) is 2.80. The minimum absolute atomic E-state index is 0.820. The average molecular weight is 297 g/mol. The molecule has 0 spiro atoms. The Kier molecular flexibility index (Phi) is 4.46. The minimum Gasteiger partial charge on any atom is -0.371 e. The molecule has 1 atom stereocenters. The lowest BCUT2D eigenvalue weighted by Crippen LogP contribution is -2.22. The van der Waals surface area contributed by atoms with Gasteiger partial charge in [0, 0.05) is 29.8 Å². The Labute approximate surface area is 113 Å². The summed E-state index contributed by atoms with van der Waals surface area (Å²) in [5.74, 6) is 0.820. The van der Waals surface area contributed by atoms with Gasteiger partial charge < -0.3 is 10.2 Å². The van der Waals surface area contributed by atoms with E-state index in [9.17, 15) is 0 Å². The van der Waals surface area contributed by atoms with Gasteiger partial charge in [-0.05, 0) is 36.6 Å². The van der Waals surface area contributed by atoms with Gasteiger partial charge in [-0.3, -0.25) is 0 Å². The molecule has 3 heteroatoms. The number of hydrogen-bond donors (Lipinski definition) is 1. The van der Waals surface area contributed by atoms with Crippen LogP contribution in [0.4, 0.5) is 5.69 Å². The van der Waals surface area contributed by atoms with Crippen molar-refractivity contribution < 1.29 is 0 Å². The molecule has 1 fully saturated rings. The van der Waals surface area contributed by atoms with Crippen molar-refractivity contribution in [2.75, 3.05) is 24.5 Å². The van der Waals surface area contributed by atoms with Gasteiger partial charge in [-0.2, -0.15) is 0 Å². The first kappa shape index (κ1) is 12.9. The Balaban J connectivity index is 2.20. The first-order valence-corrected chi connectivity index (χ1v) is 7.24. The molecule has 1 aliphatic heterocycles. The minimum atomic E-state index is 0.820. The maximum atomic E-state index is 3.58. The van der Waals surface area contributed by atoms with Crippen molar-refractivity contribution in [2.45, 2.75) is 26.8 Å². The zero-order valence-corrected chi connectivity index (χ0v) is 12.3. The predicted octanol–water partition coefficient (Wildman–Crippen LogP) is 3.40. The molecule has 1 heterocycles. The lowest BCUT2D eigenvalue weighted by atomic mass is 10.1. The van der Waals surface area contributed by atoms with E-state index in [-0.39, 0.29) is 0 Å². The molecule has 94 valence electrons. The maximum Gasteiger partial charge on any atom is 0.0423 e. The quantitative estimate of drug-likeness (QED) is 0.916. The van der Waals surface area contributed by atoms with Crippen molar-refractivity contribution in [2.24, 2.45) is 5.92 Å². The number of nitrogens with zero attached hydrogens (tertiary/aromatic N) is 1. The van der Waals surface area contributed by atoms with E-state index in [0.717, 1.165) is 19.0 Å². The molecule has 1 N–H and O–H groups in total. The van der Waals surface area contributed by atoms with E-state index >= 15 is 0 Å². The fraction of sp³-hybridized carbons (Fsp3) is 0.571. The van der Waals surface area contributed by atoms with E-state index in [1.807, 2.05) is 0 Å². The van der Waals surface area contributed by atoms with Crippen LogP contribution in [-0.2, 0) is 6.54 Å². The summed E-state index contributed by atoms with van der Waals surface area (Å²) >= 11 is 3.58. The van der Waals surface area contributed by atoms with Crippen LogP contribution in [-0.4, -0.2) is 19.6 Å². The van der Waals surface area contributed by atoms with Gasteiger partial charge in [-0.1, -0.05) is 35.8 Å². The molecule has 0 saturated carbocycles. The van der Waals surface area contributed by atoms with Gasteiger partial charge in [0.1, 0.15) is 0 Å². The normalized spacial score (nSPS) is 19.9. The van der Waals surface area contributed by atoms with E-state index in [4.69, 9.17) is 0 Å². The molecule has 1 saturated heterocycles. The second kappa shape index (κ2) is 5.87. The summed E-state index contributed by atoms with van der Waals surface area (Å²) < 4.78 is 1.17. The fourth-order valence-electron chi connectivity index (χ4n) is 2.39. The Bertz CT molecular complexity index is 378. The number of halogens is 1. The Morgan fingerprint density at radius 2 is 2.29 bits per heavy atom. The van der Waals surface area contributed by atoms with E-state index < -0.39 is 0 Å². The van der Waals surface area contributed by atoms with Crippen molar-refractivity contribution in [3.63, 3.8) is 0 Å². The smallest absolute Gasteiger partial charge is 0.0423 e. The summed E-state index contributed by atoms with van der Waals surface area (Å²) in [4.78, 5) is 2.52. The van der Waals surface area contributed by atoms with E-state index in [1.54, 1.807) is 0 Å². The predicted molar refractivity (Wildman–Crippen MR) is 77.5 cm³/mol. The lowest BCUT2D eigenvalue weighted by Gasteiger charge is -2.22. The zero-order valence-electron chi connectivity index (χ0n) is 10.7. The van der Waals surface area contributed by atoms with Crippen molar-refractivity contribution >= 4 is 21.6 Å². The lowest BCUT2D eigenvalue weighted by molar-refractivity contribution is 0.658. The molecule has 1 unspecified atom stereocenters. The molecular formula is C14H21BrN2. The zero-order chi connectivity index (χ0) is 12.3. The average Bonchev–Trinajstić information content (AvgIpc) is 2.74. The molecule has 1 aliphatic rings. The second-order valence-corrected chi connectivity index (χ2v) is 5.81. The third-order valence-electron chi connectivity index (χ3n) is 3.38. The van der Waals surface area contributed by atoms with Gasteiger partial charge in [0.25, 0.3) is 0 Å². The molecule has 0 radical (unpaired) electrons. The van der Waals surface area contributed by atoms with E-state index in [0.29, 0.717) is 0 Å². The summed E-state index contributed by atoms with van der Waals surface area (Å²) in [7, 11) is 0. The van der Waals surface area contributed by atoms with Crippen molar-refractivity contribution in [3.8, 4) is 0 Å². The van der Waals surface area contributed by atoms with Gasteiger partial charge in [0.15, 0.2) is 0 Å². The number of nitrogens with one attached hydrogen (secondary N) is 1. The number of anilines is 1. The fourth-order valence-corrected chi connectivity index (χ4v) is 2.74. The van der Waals surface area contributed by atoms with E-state index in [1.165, 1.54) is 35.2 Å². The maximum absolute atomic E-state index is 3.58. The summed E-state index contributed by atoms with van der Waals surface area (Å²) in [5, 5.41) is 3.42. The summed E-state index contributed by atoms with van der Waals surface area (Å²) in [6.07, 6.45) is 1.31. The highest BCUT2D eigenvalue weighted by atomic mass is 79.9. The molecule has 0 aromatic heterocycles. The monoisotopic (exact) mass is 296 g/mol. The molecule has 2 nitrogen and oxygen atoms in total. The van der Waals surface area contributed by atoms with Crippen LogP contribution in [0.2, 0.25) is 0 Å². The van der Waals surface area contributed by atoms with Crippen LogP contribution in [0.15, 0.2) is 22.7 Å². The van der Waals surface area contributed by atoms with Crippen LogP contribution in [0.3, 0.4) is 0 Å². The second-order valence-electron chi connectivity index (χ2n) is 4.89. The van der Waals surface area contributed by atoms with Crippen LogP contribution in [0, 0.1) is 5.92 Å². The van der Waals surface area contributed by atoms with Crippen molar-refractivity contribution in [1.82, 2.24) is 5.32 Å². The van der Waals surface area contributed by atoms with Gasteiger partial charge in [0.05, 0.1) is 0 Å². The van der Waals surface area contributed by atoms with Crippen LogP contribution in [0.5, 0.6) is 0 Å². The third kappa shape index (κ3) is 3.23. The third-order valence-corrected chi connectivity index (χ3v) is 3.87. The van der Waals surface area contributed by atoms with Gasteiger partial charge in [-0.25, -0.2) is 0 Å². The topological polar surface area (TPSA) is 15.3 Å². The summed E-state index contributed by atoms with van der Waals surface area (Å²) in [6.45, 7) is 8.85. The highest BCUT2D eigenvalue weighted by Gasteiger charge is 2.20. The van der Waals surface area contributed by atoms with Crippen LogP contribution >= 0.6 is 15.9 Å². The number of rotatable bonds is 4. The van der Waals surface area contributed by atoms with Gasteiger partial charge in [-0.15, -0.1) is 0 Å². The van der Waals surface area contributed by atoms with E-state index in [2.05, 4.69) is 58.2 Å². The van der Waals surface area contributed by atoms with Crippen LogP contribution in [0.1, 0.15) is 25.8 Å². The molecule has 17 heavy (non-hydrogen) atoms. The first-order chi connectivity index (χ1) is 8.20. The molecule has 0 amide bonds. The standard InChI is InChI=1S/C14H21BrN2/c1-3-16-9-12-4-5-13(15)8-14(12)17-7-6-11(2)10-17/h4-5,8,11,16H,3,6-7,9-10H2,1-2H3.